The SMILES string of the molecule is CN=C(NCCCNS(C)(=O)=O)N1CCC(N2CCOCC2)C1. The van der Waals surface area contributed by atoms with Crippen LogP contribution in [0.25, 0.3) is 0 Å². The van der Waals surface area contributed by atoms with E-state index in [2.05, 4.69) is 24.8 Å². The van der Waals surface area contributed by atoms with E-state index in [4.69, 9.17) is 4.74 Å². The van der Waals surface area contributed by atoms with Crippen LogP contribution in [0.5, 0.6) is 0 Å². The Morgan fingerprint density at radius 2 is 2.00 bits per heavy atom. The Morgan fingerprint density at radius 1 is 1.26 bits per heavy atom. The summed E-state index contributed by atoms with van der Waals surface area (Å²) in [6.07, 6.45) is 3.05. The number of guanidine groups is 1. The van der Waals surface area contributed by atoms with E-state index < -0.39 is 10.0 Å². The molecule has 2 aliphatic heterocycles. The van der Waals surface area contributed by atoms with Crippen molar-refractivity contribution in [3.05, 3.63) is 0 Å². The molecule has 2 fully saturated rings. The predicted octanol–water partition coefficient (Wildman–Crippen LogP) is -1.09. The summed E-state index contributed by atoms with van der Waals surface area (Å²) in [6.45, 7) is 6.83. The fourth-order valence-corrected chi connectivity index (χ4v) is 3.57. The van der Waals surface area contributed by atoms with E-state index in [1.807, 2.05) is 0 Å². The standard InChI is InChI=1S/C14H29N5O3S/c1-15-14(16-5-3-6-17-23(2,20)21)19-7-4-13(12-19)18-8-10-22-11-9-18/h13,17H,3-12H2,1-2H3,(H,15,16). The van der Waals surface area contributed by atoms with Crippen molar-refractivity contribution in [1.29, 1.82) is 0 Å². The lowest BCUT2D eigenvalue weighted by Crippen LogP contribution is -2.47. The lowest BCUT2D eigenvalue weighted by Gasteiger charge is -2.32. The predicted molar refractivity (Wildman–Crippen MR) is 91.2 cm³/mol. The minimum absolute atomic E-state index is 0.444. The molecule has 0 aromatic heterocycles. The maximum Gasteiger partial charge on any atom is 0.208 e. The summed E-state index contributed by atoms with van der Waals surface area (Å²) in [5, 5.41) is 3.32. The van der Waals surface area contributed by atoms with Crippen LogP contribution in [0.4, 0.5) is 0 Å². The third-order valence-electron chi connectivity index (χ3n) is 4.24. The number of aliphatic imine (C=N–C) groups is 1. The molecule has 9 heteroatoms. The van der Waals surface area contributed by atoms with Crippen molar-refractivity contribution in [2.45, 2.75) is 18.9 Å². The highest BCUT2D eigenvalue weighted by Crippen LogP contribution is 2.16. The molecule has 0 spiro atoms. The first-order valence-corrected chi connectivity index (χ1v) is 10.1. The van der Waals surface area contributed by atoms with Crippen LogP contribution in [0.15, 0.2) is 4.99 Å². The number of ether oxygens (including phenoxy) is 1. The van der Waals surface area contributed by atoms with Crippen molar-refractivity contribution in [2.75, 3.05) is 65.8 Å². The molecule has 8 nitrogen and oxygen atoms in total. The van der Waals surface area contributed by atoms with Crippen LogP contribution in [0.1, 0.15) is 12.8 Å². The van der Waals surface area contributed by atoms with Gasteiger partial charge in [0.05, 0.1) is 19.5 Å². The summed E-state index contributed by atoms with van der Waals surface area (Å²) < 4.78 is 29.9. The van der Waals surface area contributed by atoms with Crippen molar-refractivity contribution in [3.8, 4) is 0 Å². The maximum atomic E-state index is 11.0. The van der Waals surface area contributed by atoms with E-state index in [1.54, 1.807) is 7.05 Å². The van der Waals surface area contributed by atoms with Gasteiger partial charge in [-0.05, 0) is 12.8 Å². The Morgan fingerprint density at radius 3 is 2.65 bits per heavy atom. The van der Waals surface area contributed by atoms with Gasteiger partial charge in [-0.1, -0.05) is 0 Å². The number of hydrogen-bond donors (Lipinski definition) is 2. The second kappa shape index (κ2) is 8.81. The lowest BCUT2D eigenvalue weighted by molar-refractivity contribution is 0.0195. The molecule has 0 radical (unpaired) electrons. The van der Waals surface area contributed by atoms with Gasteiger partial charge in [0.2, 0.25) is 10.0 Å². The Balaban J connectivity index is 1.70. The monoisotopic (exact) mass is 347 g/mol. The Kier molecular flexibility index (Phi) is 7.07. The van der Waals surface area contributed by atoms with Gasteiger partial charge >= 0.3 is 0 Å². The van der Waals surface area contributed by atoms with E-state index in [1.165, 1.54) is 6.26 Å². The number of rotatable bonds is 6. The molecule has 0 aliphatic carbocycles. The van der Waals surface area contributed by atoms with Gasteiger partial charge in [0.1, 0.15) is 0 Å². The van der Waals surface area contributed by atoms with Gasteiger partial charge in [0, 0.05) is 52.4 Å². The average Bonchev–Trinajstić information content (AvgIpc) is 3.00. The second-order valence-electron chi connectivity index (χ2n) is 6.03. The van der Waals surface area contributed by atoms with Gasteiger partial charge in [-0.15, -0.1) is 0 Å². The maximum absolute atomic E-state index is 11.0. The molecule has 1 atom stereocenters. The van der Waals surface area contributed by atoms with E-state index in [-0.39, 0.29) is 0 Å². The minimum atomic E-state index is -3.10. The first kappa shape index (κ1) is 18.4. The smallest absolute Gasteiger partial charge is 0.208 e. The van der Waals surface area contributed by atoms with Gasteiger partial charge in [-0.3, -0.25) is 9.89 Å². The molecule has 1 unspecified atom stereocenters. The zero-order valence-electron chi connectivity index (χ0n) is 14.1. The summed E-state index contributed by atoms with van der Waals surface area (Å²) in [4.78, 5) is 9.13. The van der Waals surface area contributed by atoms with Crippen LogP contribution in [0.3, 0.4) is 0 Å². The molecular weight excluding hydrogens is 318 g/mol. The van der Waals surface area contributed by atoms with Crippen molar-refractivity contribution < 1.29 is 13.2 Å². The fourth-order valence-electron chi connectivity index (χ4n) is 3.05. The minimum Gasteiger partial charge on any atom is -0.379 e. The number of nitrogens with one attached hydrogen (secondary N) is 2. The Hall–Kier alpha value is -0.900. The molecule has 0 bridgehead atoms. The molecule has 2 N–H and O–H groups in total. The number of hydrogen-bond acceptors (Lipinski definition) is 5. The summed E-state index contributed by atoms with van der Waals surface area (Å²) in [5.41, 5.74) is 0. The quantitative estimate of drug-likeness (QED) is 0.361. The third kappa shape index (κ3) is 6.25. The van der Waals surface area contributed by atoms with E-state index in [0.717, 1.165) is 58.2 Å². The van der Waals surface area contributed by atoms with Crippen LogP contribution < -0.4 is 10.0 Å². The Bertz CT molecular complexity index is 491. The molecule has 23 heavy (non-hydrogen) atoms. The van der Waals surface area contributed by atoms with E-state index in [9.17, 15) is 8.42 Å². The van der Waals surface area contributed by atoms with Crippen molar-refractivity contribution in [1.82, 2.24) is 19.8 Å². The van der Waals surface area contributed by atoms with Crippen LogP contribution in [0.2, 0.25) is 0 Å². The van der Waals surface area contributed by atoms with Gasteiger partial charge in [0.25, 0.3) is 0 Å². The first-order valence-electron chi connectivity index (χ1n) is 8.21. The first-order chi connectivity index (χ1) is 11.0. The molecular formula is C14H29N5O3S. The van der Waals surface area contributed by atoms with Crippen molar-refractivity contribution in [2.24, 2.45) is 4.99 Å². The average molecular weight is 347 g/mol. The molecule has 2 saturated heterocycles. The zero-order chi connectivity index (χ0) is 16.7. The van der Waals surface area contributed by atoms with Crippen molar-refractivity contribution in [3.63, 3.8) is 0 Å². The van der Waals surface area contributed by atoms with E-state index in [0.29, 0.717) is 19.1 Å². The summed E-state index contributed by atoms with van der Waals surface area (Å²) in [7, 11) is -1.31. The van der Waals surface area contributed by atoms with E-state index >= 15 is 0 Å². The number of sulfonamides is 1. The number of likely N-dealkylation sites (tertiary alicyclic amines) is 1. The van der Waals surface area contributed by atoms with Crippen LogP contribution >= 0.6 is 0 Å². The molecule has 134 valence electrons. The summed E-state index contributed by atoms with van der Waals surface area (Å²) >= 11 is 0. The summed E-state index contributed by atoms with van der Waals surface area (Å²) in [5.74, 6) is 0.903. The highest BCUT2D eigenvalue weighted by Gasteiger charge is 2.30. The highest BCUT2D eigenvalue weighted by molar-refractivity contribution is 7.88. The largest absolute Gasteiger partial charge is 0.379 e. The molecule has 0 saturated carbocycles. The molecule has 0 amide bonds. The molecule has 2 aliphatic rings. The normalized spacial score (nSPS) is 24.2. The third-order valence-corrected chi connectivity index (χ3v) is 4.97. The molecule has 0 aromatic carbocycles. The van der Waals surface area contributed by atoms with Gasteiger partial charge in [0.15, 0.2) is 5.96 Å². The highest BCUT2D eigenvalue weighted by atomic mass is 32.2. The lowest BCUT2D eigenvalue weighted by atomic mass is 10.2. The summed E-state index contributed by atoms with van der Waals surface area (Å²) in [6, 6.07) is 0.573. The van der Waals surface area contributed by atoms with Crippen LogP contribution in [-0.4, -0.2) is 96.0 Å². The van der Waals surface area contributed by atoms with Crippen molar-refractivity contribution >= 4 is 16.0 Å². The molecule has 2 heterocycles. The molecule has 0 aromatic rings. The van der Waals surface area contributed by atoms with Gasteiger partial charge in [-0.2, -0.15) is 0 Å². The zero-order valence-corrected chi connectivity index (χ0v) is 14.9. The molecule has 2 rings (SSSR count). The topological polar surface area (TPSA) is 86.3 Å². The van der Waals surface area contributed by atoms with Gasteiger partial charge < -0.3 is 15.0 Å². The fraction of sp³-hybridized carbons (Fsp3) is 0.929. The van der Waals surface area contributed by atoms with Crippen LogP contribution in [0, 0.1) is 0 Å². The van der Waals surface area contributed by atoms with Crippen LogP contribution in [-0.2, 0) is 14.8 Å². The number of nitrogens with zero attached hydrogens (tertiary/aromatic N) is 3. The number of morpholine rings is 1. The Labute approximate surface area is 139 Å². The second-order valence-corrected chi connectivity index (χ2v) is 7.86. The van der Waals surface area contributed by atoms with Gasteiger partial charge in [-0.25, -0.2) is 13.1 Å².